The molecule has 0 saturated carbocycles. The summed E-state index contributed by atoms with van der Waals surface area (Å²) in [5.74, 6) is 0. The second-order valence-corrected chi connectivity index (χ2v) is 6.77. The molecule has 106 valence electrons. The van der Waals surface area contributed by atoms with Crippen LogP contribution in [0.1, 0.15) is 38.9 Å². The van der Waals surface area contributed by atoms with Crippen LogP contribution in [-0.2, 0) is 4.74 Å². The van der Waals surface area contributed by atoms with Crippen molar-refractivity contribution in [2.75, 3.05) is 13.1 Å². The Morgan fingerprint density at radius 2 is 2.21 bits per heavy atom. The Kier molecular flexibility index (Phi) is 3.90. The van der Waals surface area contributed by atoms with E-state index in [9.17, 15) is 4.79 Å². The lowest BCUT2D eigenvalue weighted by Crippen LogP contribution is -2.35. The standard InChI is InChI=1S/C13H20BrN3O2/c1-9-11(14)8-17(15-9)10-5-6-16(7-10)12(18)19-13(2,3)4/h8,10H,5-7H2,1-4H3. The van der Waals surface area contributed by atoms with Gasteiger partial charge >= 0.3 is 6.09 Å². The number of carbonyl (C=O) groups is 1. The Bertz CT molecular complexity index is 459. The monoisotopic (exact) mass is 329 g/mol. The highest BCUT2D eigenvalue weighted by Gasteiger charge is 2.31. The molecule has 0 aliphatic carbocycles. The van der Waals surface area contributed by atoms with E-state index < -0.39 is 5.60 Å². The minimum Gasteiger partial charge on any atom is -0.444 e. The molecular formula is C13H20BrN3O2. The summed E-state index contributed by atoms with van der Waals surface area (Å²) in [7, 11) is 0. The molecule has 1 aliphatic rings. The van der Waals surface area contributed by atoms with Gasteiger partial charge in [0.05, 0.1) is 16.2 Å². The molecule has 1 amide bonds. The zero-order valence-corrected chi connectivity index (χ0v) is 13.4. The molecule has 2 heterocycles. The number of aryl methyl sites for hydroxylation is 1. The Hall–Kier alpha value is -1.04. The highest BCUT2D eigenvalue weighted by Crippen LogP contribution is 2.25. The van der Waals surface area contributed by atoms with E-state index in [-0.39, 0.29) is 12.1 Å². The van der Waals surface area contributed by atoms with Gasteiger partial charge in [-0.2, -0.15) is 5.10 Å². The lowest BCUT2D eigenvalue weighted by molar-refractivity contribution is 0.0288. The number of rotatable bonds is 1. The average Bonchev–Trinajstić information content (AvgIpc) is 2.84. The molecule has 5 nitrogen and oxygen atoms in total. The van der Waals surface area contributed by atoms with Crippen molar-refractivity contribution in [1.82, 2.24) is 14.7 Å². The van der Waals surface area contributed by atoms with E-state index in [0.29, 0.717) is 6.54 Å². The first-order chi connectivity index (χ1) is 8.76. The number of halogens is 1. The first-order valence-electron chi connectivity index (χ1n) is 6.45. The van der Waals surface area contributed by atoms with Gasteiger partial charge in [0.1, 0.15) is 5.60 Å². The van der Waals surface area contributed by atoms with Crippen LogP contribution >= 0.6 is 15.9 Å². The Morgan fingerprint density at radius 3 is 2.74 bits per heavy atom. The molecule has 0 N–H and O–H groups in total. The normalized spacial score (nSPS) is 19.8. The van der Waals surface area contributed by atoms with Crippen LogP contribution < -0.4 is 0 Å². The number of aromatic nitrogens is 2. The zero-order chi connectivity index (χ0) is 14.2. The summed E-state index contributed by atoms with van der Waals surface area (Å²) < 4.78 is 8.32. The van der Waals surface area contributed by atoms with Crippen molar-refractivity contribution in [1.29, 1.82) is 0 Å². The van der Waals surface area contributed by atoms with Gasteiger partial charge in [-0.3, -0.25) is 4.68 Å². The number of carbonyl (C=O) groups excluding carboxylic acids is 1. The van der Waals surface area contributed by atoms with Crippen molar-refractivity contribution >= 4 is 22.0 Å². The van der Waals surface area contributed by atoms with Crippen molar-refractivity contribution in [3.05, 3.63) is 16.4 Å². The molecule has 6 heteroatoms. The van der Waals surface area contributed by atoms with E-state index in [1.165, 1.54) is 0 Å². The van der Waals surface area contributed by atoms with E-state index in [1.54, 1.807) is 4.90 Å². The molecule has 1 saturated heterocycles. The molecule has 0 spiro atoms. The van der Waals surface area contributed by atoms with E-state index in [4.69, 9.17) is 4.74 Å². The number of amides is 1. The number of hydrogen-bond acceptors (Lipinski definition) is 3. The van der Waals surface area contributed by atoms with E-state index >= 15 is 0 Å². The lowest BCUT2D eigenvalue weighted by atomic mass is 10.2. The van der Waals surface area contributed by atoms with Gasteiger partial charge in [-0.05, 0) is 50.0 Å². The molecule has 1 aromatic heterocycles. The predicted molar refractivity (Wildman–Crippen MR) is 76.1 cm³/mol. The number of ether oxygens (including phenoxy) is 1. The van der Waals surface area contributed by atoms with Crippen molar-refractivity contribution in [2.24, 2.45) is 0 Å². The molecule has 1 fully saturated rings. The summed E-state index contributed by atoms with van der Waals surface area (Å²) in [4.78, 5) is 13.7. The van der Waals surface area contributed by atoms with E-state index in [0.717, 1.165) is 23.1 Å². The van der Waals surface area contributed by atoms with E-state index in [2.05, 4.69) is 21.0 Å². The van der Waals surface area contributed by atoms with Gasteiger partial charge in [-0.25, -0.2) is 4.79 Å². The molecule has 19 heavy (non-hydrogen) atoms. The van der Waals surface area contributed by atoms with Gasteiger partial charge in [0, 0.05) is 19.3 Å². The summed E-state index contributed by atoms with van der Waals surface area (Å²) >= 11 is 3.46. The second kappa shape index (κ2) is 5.15. The number of nitrogens with zero attached hydrogens (tertiary/aromatic N) is 3. The minimum absolute atomic E-state index is 0.234. The average molecular weight is 330 g/mol. The SMILES string of the molecule is Cc1nn(C2CCN(C(=O)OC(C)(C)C)C2)cc1Br. The van der Waals surface area contributed by atoms with Crippen molar-refractivity contribution in [3.63, 3.8) is 0 Å². The van der Waals surface area contributed by atoms with Crippen LogP contribution in [-0.4, -0.2) is 39.5 Å². The maximum absolute atomic E-state index is 12.0. The molecule has 0 radical (unpaired) electrons. The van der Waals surface area contributed by atoms with Crippen molar-refractivity contribution in [3.8, 4) is 0 Å². The maximum atomic E-state index is 12.0. The van der Waals surface area contributed by atoms with Crippen LogP contribution in [0.25, 0.3) is 0 Å². The van der Waals surface area contributed by atoms with Gasteiger partial charge in [-0.1, -0.05) is 0 Å². The summed E-state index contributed by atoms with van der Waals surface area (Å²) in [6, 6.07) is 0.234. The summed E-state index contributed by atoms with van der Waals surface area (Å²) in [5, 5.41) is 4.45. The van der Waals surface area contributed by atoms with Crippen LogP contribution in [0.2, 0.25) is 0 Å². The van der Waals surface area contributed by atoms with Gasteiger partial charge in [0.15, 0.2) is 0 Å². The van der Waals surface area contributed by atoms with Gasteiger partial charge < -0.3 is 9.64 Å². The highest BCUT2D eigenvalue weighted by atomic mass is 79.9. The molecule has 1 aromatic rings. The molecule has 1 aliphatic heterocycles. The molecule has 2 rings (SSSR count). The maximum Gasteiger partial charge on any atom is 0.410 e. The minimum atomic E-state index is -0.444. The summed E-state index contributed by atoms with van der Waals surface area (Å²) in [6.45, 7) is 8.98. The molecular weight excluding hydrogens is 310 g/mol. The van der Waals surface area contributed by atoms with Crippen LogP contribution in [0.15, 0.2) is 10.7 Å². The van der Waals surface area contributed by atoms with Crippen molar-refractivity contribution < 1.29 is 9.53 Å². The smallest absolute Gasteiger partial charge is 0.410 e. The Morgan fingerprint density at radius 1 is 1.53 bits per heavy atom. The molecule has 1 unspecified atom stereocenters. The van der Waals surface area contributed by atoms with Crippen LogP contribution in [0.4, 0.5) is 4.79 Å². The summed E-state index contributed by atoms with van der Waals surface area (Å²) in [5.41, 5.74) is 0.524. The molecule has 0 bridgehead atoms. The zero-order valence-electron chi connectivity index (χ0n) is 11.8. The predicted octanol–water partition coefficient (Wildman–Crippen LogP) is 3.14. The van der Waals surface area contributed by atoms with E-state index in [1.807, 2.05) is 38.6 Å². The fourth-order valence-corrected chi connectivity index (χ4v) is 2.39. The van der Waals surface area contributed by atoms with Crippen LogP contribution in [0, 0.1) is 6.92 Å². The second-order valence-electron chi connectivity index (χ2n) is 5.91. The largest absolute Gasteiger partial charge is 0.444 e. The fraction of sp³-hybridized carbons (Fsp3) is 0.692. The topological polar surface area (TPSA) is 47.4 Å². The fourth-order valence-electron chi connectivity index (χ4n) is 2.10. The molecule has 0 aromatic carbocycles. The van der Waals surface area contributed by atoms with Gasteiger partial charge in [-0.15, -0.1) is 0 Å². The Labute approximate surface area is 122 Å². The number of likely N-dealkylation sites (tertiary alicyclic amines) is 1. The first kappa shape index (κ1) is 14.4. The third-order valence-electron chi connectivity index (χ3n) is 3.05. The first-order valence-corrected chi connectivity index (χ1v) is 7.25. The van der Waals surface area contributed by atoms with Crippen molar-refractivity contribution in [2.45, 2.75) is 45.8 Å². The third-order valence-corrected chi connectivity index (χ3v) is 3.82. The highest BCUT2D eigenvalue weighted by molar-refractivity contribution is 9.10. The van der Waals surface area contributed by atoms with Crippen LogP contribution in [0.3, 0.4) is 0 Å². The Balaban J connectivity index is 1.98. The van der Waals surface area contributed by atoms with Gasteiger partial charge in [0.2, 0.25) is 0 Å². The number of hydrogen-bond donors (Lipinski definition) is 0. The third kappa shape index (κ3) is 3.49. The quantitative estimate of drug-likeness (QED) is 0.795. The lowest BCUT2D eigenvalue weighted by Gasteiger charge is -2.24. The molecule has 1 atom stereocenters. The van der Waals surface area contributed by atoms with Gasteiger partial charge in [0.25, 0.3) is 0 Å². The van der Waals surface area contributed by atoms with Crippen LogP contribution in [0.5, 0.6) is 0 Å². The summed E-state index contributed by atoms with van der Waals surface area (Å²) in [6.07, 6.45) is 2.64.